The maximum atomic E-state index is 3.83. The molecule has 0 aromatic carbocycles. The van der Waals surface area contributed by atoms with E-state index in [1.165, 1.54) is 48.1 Å². The Morgan fingerprint density at radius 1 is 1.26 bits per heavy atom. The zero-order chi connectivity index (χ0) is 12.8. The molecule has 1 saturated heterocycles. The van der Waals surface area contributed by atoms with Gasteiger partial charge in [-0.2, -0.15) is 0 Å². The number of piperazine rings is 1. The highest BCUT2D eigenvalue weighted by Crippen LogP contribution is 2.40. The van der Waals surface area contributed by atoms with E-state index in [1.54, 1.807) is 0 Å². The van der Waals surface area contributed by atoms with Gasteiger partial charge in [-0.05, 0) is 59.5 Å². The van der Waals surface area contributed by atoms with Crippen LogP contribution >= 0.6 is 27.3 Å². The largest absolute Gasteiger partial charge is 0.311 e. The van der Waals surface area contributed by atoms with Gasteiger partial charge in [-0.3, -0.25) is 4.90 Å². The average Bonchev–Trinajstić information content (AvgIpc) is 3.29. The summed E-state index contributed by atoms with van der Waals surface area (Å²) in [7, 11) is 0. The standard InChI is InChI=1S/C15H21BrN2S/c16-12-5-13(19-9-12)7-18-8-14(10-1-2-10)17-6-15(18)11-3-4-11/h5,9-11,14-15,17H,1-4,6-8H2. The summed E-state index contributed by atoms with van der Waals surface area (Å²) in [6.07, 6.45) is 5.80. The van der Waals surface area contributed by atoms with Crippen LogP contribution in [0.3, 0.4) is 0 Å². The molecule has 1 aromatic rings. The molecule has 2 heterocycles. The minimum absolute atomic E-state index is 0.762. The van der Waals surface area contributed by atoms with Gasteiger partial charge >= 0.3 is 0 Å². The van der Waals surface area contributed by atoms with E-state index in [1.807, 2.05) is 11.3 Å². The third-order valence-corrected chi connectivity index (χ3v) is 6.51. The zero-order valence-electron chi connectivity index (χ0n) is 11.1. The summed E-state index contributed by atoms with van der Waals surface area (Å²) < 4.78 is 1.24. The molecule has 0 radical (unpaired) electrons. The normalized spacial score (nSPS) is 32.7. The van der Waals surface area contributed by atoms with E-state index in [2.05, 4.69) is 37.6 Å². The molecule has 2 aliphatic carbocycles. The van der Waals surface area contributed by atoms with E-state index < -0.39 is 0 Å². The number of nitrogens with zero attached hydrogens (tertiary/aromatic N) is 1. The van der Waals surface area contributed by atoms with Gasteiger partial charge in [0, 0.05) is 46.4 Å². The number of halogens is 1. The van der Waals surface area contributed by atoms with Crippen molar-refractivity contribution in [1.82, 2.24) is 10.2 Å². The summed E-state index contributed by atoms with van der Waals surface area (Å²) in [5.41, 5.74) is 0. The molecule has 4 rings (SSSR count). The Balaban J connectivity index is 1.47. The van der Waals surface area contributed by atoms with Crippen LogP contribution in [-0.2, 0) is 6.54 Å². The van der Waals surface area contributed by atoms with Gasteiger partial charge in [-0.1, -0.05) is 0 Å². The van der Waals surface area contributed by atoms with Crippen LogP contribution in [0, 0.1) is 11.8 Å². The van der Waals surface area contributed by atoms with Crippen LogP contribution in [0.5, 0.6) is 0 Å². The Bertz CT molecular complexity index is 453. The molecule has 1 aromatic heterocycles. The van der Waals surface area contributed by atoms with Gasteiger partial charge in [0.15, 0.2) is 0 Å². The number of hydrogen-bond donors (Lipinski definition) is 1. The SMILES string of the molecule is Brc1csc(CN2CC(C3CC3)NCC2C2CC2)c1. The molecule has 0 spiro atoms. The molecule has 0 bridgehead atoms. The fourth-order valence-corrected chi connectivity index (χ4v) is 4.91. The summed E-state index contributed by atoms with van der Waals surface area (Å²) in [6.45, 7) is 3.64. The highest BCUT2D eigenvalue weighted by atomic mass is 79.9. The molecule has 1 aliphatic heterocycles. The first-order valence-electron chi connectivity index (χ1n) is 7.50. The van der Waals surface area contributed by atoms with Gasteiger partial charge in [-0.15, -0.1) is 11.3 Å². The predicted octanol–water partition coefficient (Wildman–Crippen LogP) is 3.47. The number of thiophene rings is 1. The van der Waals surface area contributed by atoms with Crippen molar-refractivity contribution in [2.24, 2.45) is 11.8 Å². The van der Waals surface area contributed by atoms with Crippen molar-refractivity contribution >= 4 is 27.3 Å². The Morgan fingerprint density at radius 2 is 2.05 bits per heavy atom. The molecule has 4 heteroatoms. The molecule has 19 heavy (non-hydrogen) atoms. The maximum Gasteiger partial charge on any atom is 0.0332 e. The topological polar surface area (TPSA) is 15.3 Å². The predicted molar refractivity (Wildman–Crippen MR) is 83.5 cm³/mol. The molecule has 2 unspecified atom stereocenters. The van der Waals surface area contributed by atoms with E-state index in [-0.39, 0.29) is 0 Å². The van der Waals surface area contributed by atoms with Gasteiger partial charge in [0.2, 0.25) is 0 Å². The van der Waals surface area contributed by atoms with Crippen molar-refractivity contribution in [3.8, 4) is 0 Å². The highest BCUT2D eigenvalue weighted by Gasteiger charge is 2.42. The van der Waals surface area contributed by atoms with Gasteiger partial charge in [0.1, 0.15) is 0 Å². The van der Waals surface area contributed by atoms with E-state index in [4.69, 9.17) is 0 Å². The molecule has 2 atom stereocenters. The summed E-state index contributed by atoms with van der Waals surface area (Å²) in [6, 6.07) is 3.84. The van der Waals surface area contributed by atoms with Crippen LogP contribution in [0.1, 0.15) is 30.6 Å². The van der Waals surface area contributed by atoms with Gasteiger partial charge in [0.05, 0.1) is 0 Å². The average molecular weight is 341 g/mol. The van der Waals surface area contributed by atoms with Crippen molar-refractivity contribution in [1.29, 1.82) is 0 Å². The van der Waals surface area contributed by atoms with Crippen LogP contribution in [0.25, 0.3) is 0 Å². The first kappa shape index (κ1) is 12.8. The Hall–Kier alpha value is 0.1000. The lowest BCUT2D eigenvalue weighted by Crippen LogP contribution is -2.57. The van der Waals surface area contributed by atoms with Crippen molar-refractivity contribution in [3.05, 3.63) is 20.8 Å². The van der Waals surface area contributed by atoms with Crippen molar-refractivity contribution in [2.45, 2.75) is 44.3 Å². The first-order chi connectivity index (χ1) is 9.29. The number of rotatable bonds is 4. The minimum Gasteiger partial charge on any atom is -0.311 e. The quantitative estimate of drug-likeness (QED) is 0.902. The highest BCUT2D eigenvalue weighted by molar-refractivity contribution is 9.10. The van der Waals surface area contributed by atoms with Crippen molar-refractivity contribution < 1.29 is 0 Å². The minimum atomic E-state index is 0.762. The molecule has 1 N–H and O–H groups in total. The van der Waals surface area contributed by atoms with Crippen LogP contribution in [-0.4, -0.2) is 30.1 Å². The van der Waals surface area contributed by atoms with E-state index >= 15 is 0 Å². The number of nitrogens with one attached hydrogen (secondary N) is 1. The monoisotopic (exact) mass is 340 g/mol. The van der Waals surface area contributed by atoms with Gasteiger partial charge < -0.3 is 5.32 Å². The van der Waals surface area contributed by atoms with E-state index in [0.717, 1.165) is 30.5 Å². The second-order valence-corrected chi connectivity index (χ2v) is 8.33. The zero-order valence-corrected chi connectivity index (χ0v) is 13.5. The molecular weight excluding hydrogens is 320 g/mol. The van der Waals surface area contributed by atoms with E-state index in [0.29, 0.717) is 0 Å². The van der Waals surface area contributed by atoms with Crippen LogP contribution in [0.15, 0.2) is 15.9 Å². The van der Waals surface area contributed by atoms with Gasteiger partial charge in [0.25, 0.3) is 0 Å². The second kappa shape index (κ2) is 5.14. The molecule has 0 amide bonds. The summed E-state index contributed by atoms with van der Waals surface area (Å²) in [5.74, 6) is 1.94. The Labute approximate surface area is 127 Å². The van der Waals surface area contributed by atoms with Crippen LogP contribution < -0.4 is 5.32 Å². The lowest BCUT2D eigenvalue weighted by molar-refractivity contribution is 0.101. The van der Waals surface area contributed by atoms with Crippen molar-refractivity contribution in [2.75, 3.05) is 13.1 Å². The molecule has 104 valence electrons. The maximum absolute atomic E-state index is 3.83. The lowest BCUT2D eigenvalue weighted by atomic mass is 10.0. The van der Waals surface area contributed by atoms with Crippen LogP contribution in [0.2, 0.25) is 0 Å². The lowest BCUT2D eigenvalue weighted by Gasteiger charge is -2.41. The van der Waals surface area contributed by atoms with Crippen molar-refractivity contribution in [3.63, 3.8) is 0 Å². The Morgan fingerprint density at radius 3 is 2.68 bits per heavy atom. The molecule has 3 fully saturated rings. The summed E-state index contributed by atoms with van der Waals surface area (Å²) >= 11 is 5.47. The third kappa shape index (κ3) is 2.92. The molecule has 3 aliphatic rings. The molecule has 2 saturated carbocycles. The second-order valence-electron chi connectivity index (χ2n) is 6.42. The summed E-state index contributed by atoms with van der Waals surface area (Å²) in [5, 5.41) is 6.04. The van der Waals surface area contributed by atoms with Crippen LogP contribution in [0.4, 0.5) is 0 Å². The van der Waals surface area contributed by atoms with Gasteiger partial charge in [-0.25, -0.2) is 0 Å². The fourth-order valence-electron chi connectivity index (χ4n) is 3.43. The number of hydrogen-bond acceptors (Lipinski definition) is 3. The first-order valence-corrected chi connectivity index (χ1v) is 9.17. The smallest absolute Gasteiger partial charge is 0.0332 e. The molecular formula is C15H21BrN2S. The molecule has 2 nitrogen and oxygen atoms in total. The summed E-state index contributed by atoms with van der Waals surface area (Å²) in [4.78, 5) is 4.28. The fraction of sp³-hybridized carbons (Fsp3) is 0.733. The third-order valence-electron chi connectivity index (χ3n) is 4.83. The van der Waals surface area contributed by atoms with E-state index in [9.17, 15) is 0 Å². The Kier molecular flexibility index (Phi) is 3.46.